The van der Waals surface area contributed by atoms with Gasteiger partial charge < -0.3 is 4.84 Å². The minimum absolute atomic E-state index is 0.348. The zero-order valence-corrected chi connectivity index (χ0v) is 11.1. The number of hydrogen-bond acceptors (Lipinski definition) is 3. The lowest BCUT2D eigenvalue weighted by molar-refractivity contribution is -0.152. The van der Waals surface area contributed by atoms with Crippen LogP contribution in [0.15, 0.2) is 33.9 Å². The topological polar surface area (TPSA) is 38.7 Å². The molecule has 0 bridgehead atoms. The van der Waals surface area contributed by atoms with E-state index in [4.69, 9.17) is 4.84 Å². The van der Waals surface area contributed by atoms with Gasteiger partial charge in [-0.15, -0.1) is 0 Å². The first-order valence-electron chi connectivity index (χ1n) is 4.90. The Hall–Kier alpha value is -1.16. The molecule has 0 aromatic heterocycles. The van der Waals surface area contributed by atoms with Gasteiger partial charge in [0.2, 0.25) is 0 Å². The Balaban J connectivity index is 2.59. The molecule has 1 aromatic rings. The summed E-state index contributed by atoms with van der Waals surface area (Å²) < 4.78 is 0.957. The maximum atomic E-state index is 11.4. The molecule has 0 saturated carbocycles. The number of hydrogen-bond donors (Lipinski definition) is 0. The third-order valence-electron chi connectivity index (χ3n) is 1.80. The number of halogens is 1. The second kappa shape index (κ2) is 5.25. The molecule has 0 atom stereocenters. The van der Waals surface area contributed by atoms with Gasteiger partial charge in [0, 0.05) is 4.47 Å². The second-order valence-corrected chi connectivity index (χ2v) is 5.33. The van der Waals surface area contributed by atoms with Crippen LogP contribution in [0.1, 0.15) is 26.3 Å². The van der Waals surface area contributed by atoms with E-state index in [-0.39, 0.29) is 5.97 Å². The summed E-state index contributed by atoms with van der Waals surface area (Å²) in [6, 6.07) is 7.56. The summed E-state index contributed by atoms with van der Waals surface area (Å²) in [6.07, 6.45) is 1.51. The standard InChI is InChI=1S/C12H14BrNO2/c1-12(2,3)11(15)16-14-8-9-5-4-6-10(13)7-9/h4-8H,1-3H3/b14-8+. The highest BCUT2D eigenvalue weighted by Crippen LogP contribution is 2.15. The molecule has 16 heavy (non-hydrogen) atoms. The molecule has 0 aliphatic carbocycles. The number of carbonyl (C=O) groups excluding carboxylic acids is 1. The van der Waals surface area contributed by atoms with Crippen LogP contribution in [-0.4, -0.2) is 12.2 Å². The van der Waals surface area contributed by atoms with Gasteiger partial charge in [-0.25, -0.2) is 4.79 Å². The third kappa shape index (κ3) is 4.14. The van der Waals surface area contributed by atoms with Crippen molar-refractivity contribution < 1.29 is 9.63 Å². The average Bonchev–Trinajstić information content (AvgIpc) is 2.16. The Morgan fingerprint density at radius 3 is 2.69 bits per heavy atom. The lowest BCUT2D eigenvalue weighted by Gasteiger charge is -2.12. The molecule has 4 heteroatoms. The fraction of sp³-hybridized carbons (Fsp3) is 0.333. The molecule has 0 fully saturated rings. The number of oxime groups is 1. The Labute approximate surface area is 104 Å². The van der Waals surface area contributed by atoms with Gasteiger partial charge in [0.25, 0.3) is 0 Å². The average molecular weight is 284 g/mol. The maximum absolute atomic E-state index is 11.4. The van der Waals surface area contributed by atoms with E-state index in [1.54, 1.807) is 20.8 Å². The van der Waals surface area contributed by atoms with E-state index in [1.807, 2.05) is 24.3 Å². The minimum atomic E-state index is -0.533. The van der Waals surface area contributed by atoms with Crippen LogP contribution >= 0.6 is 15.9 Å². The molecular formula is C12H14BrNO2. The fourth-order valence-electron chi connectivity index (χ4n) is 0.859. The molecule has 0 unspecified atom stereocenters. The highest BCUT2D eigenvalue weighted by atomic mass is 79.9. The molecule has 86 valence electrons. The second-order valence-electron chi connectivity index (χ2n) is 4.42. The molecule has 0 aliphatic rings. The van der Waals surface area contributed by atoms with Gasteiger partial charge in [-0.05, 0) is 38.5 Å². The Bertz CT molecular complexity index is 408. The zero-order chi connectivity index (χ0) is 12.2. The van der Waals surface area contributed by atoms with E-state index in [9.17, 15) is 4.79 Å². The van der Waals surface area contributed by atoms with Crippen molar-refractivity contribution in [2.75, 3.05) is 0 Å². The number of rotatable bonds is 2. The van der Waals surface area contributed by atoms with Crippen LogP contribution in [0.2, 0.25) is 0 Å². The van der Waals surface area contributed by atoms with E-state index in [1.165, 1.54) is 6.21 Å². The summed E-state index contributed by atoms with van der Waals surface area (Å²) in [5, 5.41) is 3.65. The zero-order valence-electron chi connectivity index (χ0n) is 9.53. The monoisotopic (exact) mass is 283 g/mol. The smallest absolute Gasteiger partial charge is 0.318 e. The molecule has 0 spiro atoms. The predicted octanol–water partition coefficient (Wildman–Crippen LogP) is 3.37. The summed E-state index contributed by atoms with van der Waals surface area (Å²) in [5.41, 5.74) is 0.338. The van der Waals surface area contributed by atoms with Gasteiger partial charge in [0.05, 0.1) is 11.6 Å². The molecule has 0 aliphatic heterocycles. The molecule has 0 heterocycles. The first kappa shape index (κ1) is 12.9. The van der Waals surface area contributed by atoms with Crippen molar-refractivity contribution in [1.29, 1.82) is 0 Å². The third-order valence-corrected chi connectivity index (χ3v) is 2.29. The Morgan fingerprint density at radius 1 is 1.44 bits per heavy atom. The summed E-state index contributed by atoms with van der Waals surface area (Å²) in [6.45, 7) is 5.35. The van der Waals surface area contributed by atoms with E-state index < -0.39 is 5.41 Å². The van der Waals surface area contributed by atoms with Crippen molar-refractivity contribution in [3.63, 3.8) is 0 Å². The maximum Gasteiger partial charge on any atom is 0.340 e. The van der Waals surface area contributed by atoms with Crippen LogP contribution in [0.25, 0.3) is 0 Å². The summed E-state index contributed by atoms with van der Waals surface area (Å²) >= 11 is 3.35. The summed E-state index contributed by atoms with van der Waals surface area (Å²) in [7, 11) is 0. The summed E-state index contributed by atoms with van der Waals surface area (Å²) in [5.74, 6) is -0.348. The van der Waals surface area contributed by atoms with Crippen molar-refractivity contribution in [2.45, 2.75) is 20.8 Å². The molecule has 0 amide bonds. The van der Waals surface area contributed by atoms with Crippen molar-refractivity contribution in [3.8, 4) is 0 Å². The number of nitrogens with zero attached hydrogens (tertiary/aromatic N) is 1. The fourth-order valence-corrected chi connectivity index (χ4v) is 1.28. The Kier molecular flexibility index (Phi) is 4.24. The lowest BCUT2D eigenvalue weighted by atomic mass is 9.98. The van der Waals surface area contributed by atoms with Crippen LogP contribution < -0.4 is 0 Å². The normalized spacial score (nSPS) is 11.8. The molecular weight excluding hydrogens is 270 g/mol. The van der Waals surface area contributed by atoms with E-state index >= 15 is 0 Å². The van der Waals surface area contributed by atoms with Gasteiger partial charge in [0.15, 0.2) is 0 Å². The highest BCUT2D eigenvalue weighted by molar-refractivity contribution is 9.10. The van der Waals surface area contributed by atoms with Crippen LogP contribution in [-0.2, 0) is 9.63 Å². The Morgan fingerprint density at radius 2 is 2.12 bits per heavy atom. The van der Waals surface area contributed by atoms with Crippen LogP contribution in [0.5, 0.6) is 0 Å². The predicted molar refractivity (Wildman–Crippen MR) is 67.3 cm³/mol. The van der Waals surface area contributed by atoms with E-state index in [0.29, 0.717) is 0 Å². The molecule has 1 rings (SSSR count). The SMILES string of the molecule is CC(C)(C)C(=O)O/N=C/c1cccc(Br)c1. The number of benzene rings is 1. The molecule has 3 nitrogen and oxygen atoms in total. The number of carbonyl (C=O) groups is 1. The van der Waals surface area contributed by atoms with Crippen molar-refractivity contribution >= 4 is 28.1 Å². The van der Waals surface area contributed by atoms with Crippen molar-refractivity contribution in [3.05, 3.63) is 34.3 Å². The minimum Gasteiger partial charge on any atom is -0.318 e. The van der Waals surface area contributed by atoms with Crippen LogP contribution in [0.3, 0.4) is 0 Å². The van der Waals surface area contributed by atoms with Crippen LogP contribution in [0.4, 0.5) is 0 Å². The van der Waals surface area contributed by atoms with Gasteiger partial charge in [0.1, 0.15) is 0 Å². The first-order valence-corrected chi connectivity index (χ1v) is 5.69. The highest BCUT2D eigenvalue weighted by Gasteiger charge is 2.23. The van der Waals surface area contributed by atoms with Gasteiger partial charge in [-0.1, -0.05) is 33.2 Å². The summed E-state index contributed by atoms with van der Waals surface area (Å²) in [4.78, 5) is 16.1. The molecule has 0 N–H and O–H groups in total. The lowest BCUT2D eigenvalue weighted by Crippen LogP contribution is -2.21. The quantitative estimate of drug-likeness (QED) is 0.474. The molecule has 1 aromatic carbocycles. The van der Waals surface area contributed by atoms with Crippen molar-refractivity contribution in [1.82, 2.24) is 0 Å². The molecule has 0 radical (unpaired) electrons. The largest absolute Gasteiger partial charge is 0.340 e. The molecule has 0 saturated heterocycles. The van der Waals surface area contributed by atoms with E-state index in [2.05, 4.69) is 21.1 Å². The van der Waals surface area contributed by atoms with Crippen molar-refractivity contribution in [2.24, 2.45) is 10.6 Å². The van der Waals surface area contributed by atoms with Crippen LogP contribution in [0, 0.1) is 5.41 Å². The van der Waals surface area contributed by atoms with Gasteiger partial charge in [-0.2, -0.15) is 0 Å². The first-order chi connectivity index (χ1) is 7.39. The van der Waals surface area contributed by atoms with E-state index in [0.717, 1.165) is 10.0 Å². The van der Waals surface area contributed by atoms with Gasteiger partial charge >= 0.3 is 5.97 Å². The van der Waals surface area contributed by atoms with Gasteiger partial charge in [-0.3, -0.25) is 0 Å².